The van der Waals surface area contributed by atoms with Gasteiger partial charge in [-0.15, -0.1) is 0 Å². The molecule has 1 aliphatic rings. The van der Waals surface area contributed by atoms with Gasteiger partial charge in [-0.25, -0.2) is 0 Å². The molecule has 1 fully saturated rings. The number of carbonyl (C=O) groups is 1. The van der Waals surface area contributed by atoms with Crippen LogP contribution >= 0.6 is 0 Å². The lowest BCUT2D eigenvalue weighted by Gasteiger charge is -2.42. The number of rotatable bonds is 1. The molecule has 1 heterocycles. The number of amides is 1. The Morgan fingerprint density at radius 2 is 1.90 bits per heavy atom. The van der Waals surface area contributed by atoms with Crippen molar-refractivity contribution < 1.29 is 4.79 Å². The molecule has 0 saturated carbocycles. The van der Waals surface area contributed by atoms with E-state index >= 15 is 0 Å². The van der Waals surface area contributed by atoms with Gasteiger partial charge < -0.3 is 10.2 Å². The molecule has 0 aliphatic carbocycles. The van der Waals surface area contributed by atoms with Gasteiger partial charge in [-0.1, -0.05) is 30.3 Å². The van der Waals surface area contributed by atoms with Crippen molar-refractivity contribution in [3.8, 4) is 0 Å². The van der Waals surface area contributed by atoms with Gasteiger partial charge >= 0.3 is 0 Å². The Balaban J connectivity index is 1.95. The molecule has 3 nitrogen and oxygen atoms in total. The normalized spacial score (nSPS) is 18.2. The monoisotopic (exact) mass is 268 g/mol. The summed E-state index contributed by atoms with van der Waals surface area (Å²) in [6.45, 7) is 6.68. The topological polar surface area (TPSA) is 32.3 Å². The molecule has 0 bridgehead atoms. The molecule has 1 N–H and O–H groups in total. The van der Waals surface area contributed by atoms with Crippen LogP contribution in [0.15, 0.2) is 42.5 Å². The van der Waals surface area contributed by atoms with Crippen LogP contribution in [0.4, 0.5) is 0 Å². The van der Waals surface area contributed by atoms with E-state index in [1.54, 1.807) is 0 Å². The standard InChI is InChI=1S/C17H20N2O/c1-17(2)12-18-9-10-19(17)16(20)15-8-7-13-5-3-4-6-14(13)11-15/h3-8,11,18H,9-10,12H2,1-2H3. The Kier molecular flexibility index (Phi) is 3.22. The van der Waals surface area contributed by atoms with Gasteiger partial charge in [0.25, 0.3) is 5.91 Å². The van der Waals surface area contributed by atoms with Gasteiger partial charge in [0.15, 0.2) is 0 Å². The van der Waals surface area contributed by atoms with E-state index in [9.17, 15) is 4.79 Å². The zero-order valence-corrected chi connectivity index (χ0v) is 12.0. The molecule has 104 valence electrons. The van der Waals surface area contributed by atoms with E-state index in [2.05, 4.69) is 31.3 Å². The van der Waals surface area contributed by atoms with Crippen molar-refractivity contribution in [3.63, 3.8) is 0 Å². The summed E-state index contributed by atoms with van der Waals surface area (Å²) < 4.78 is 0. The quantitative estimate of drug-likeness (QED) is 0.862. The molecule has 0 atom stereocenters. The minimum atomic E-state index is -0.138. The number of hydrogen-bond donors (Lipinski definition) is 1. The Morgan fingerprint density at radius 1 is 1.15 bits per heavy atom. The van der Waals surface area contributed by atoms with Gasteiger partial charge in [-0.2, -0.15) is 0 Å². The predicted octanol–water partition coefficient (Wildman–Crippen LogP) is 2.66. The lowest BCUT2D eigenvalue weighted by Crippen LogP contribution is -2.59. The van der Waals surface area contributed by atoms with Crippen molar-refractivity contribution in [3.05, 3.63) is 48.0 Å². The molecule has 0 unspecified atom stereocenters. The summed E-state index contributed by atoms with van der Waals surface area (Å²) in [7, 11) is 0. The lowest BCUT2D eigenvalue weighted by molar-refractivity contribution is 0.0477. The van der Waals surface area contributed by atoms with Crippen molar-refractivity contribution in [1.29, 1.82) is 0 Å². The zero-order valence-electron chi connectivity index (χ0n) is 12.0. The minimum absolute atomic E-state index is 0.127. The summed E-state index contributed by atoms with van der Waals surface area (Å²) in [4.78, 5) is 14.7. The summed E-state index contributed by atoms with van der Waals surface area (Å²) in [5, 5.41) is 5.63. The van der Waals surface area contributed by atoms with E-state index in [0.717, 1.165) is 30.6 Å². The first-order chi connectivity index (χ1) is 9.58. The fraction of sp³-hybridized carbons (Fsp3) is 0.353. The molecule has 2 aromatic carbocycles. The fourth-order valence-electron chi connectivity index (χ4n) is 2.84. The van der Waals surface area contributed by atoms with Crippen molar-refractivity contribution in [1.82, 2.24) is 10.2 Å². The first-order valence-corrected chi connectivity index (χ1v) is 7.09. The van der Waals surface area contributed by atoms with Crippen LogP contribution in [0.25, 0.3) is 10.8 Å². The first kappa shape index (κ1) is 13.1. The second-order valence-corrected chi connectivity index (χ2v) is 6.01. The Labute approximate surface area is 119 Å². The number of piperazine rings is 1. The molecule has 1 aliphatic heterocycles. The van der Waals surface area contributed by atoms with E-state index in [-0.39, 0.29) is 11.4 Å². The molecular formula is C17H20N2O. The second-order valence-electron chi connectivity index (χ2n) is 6.01. The maximum absolute atomic E-state index is 12.8. The SMILES string of the molecule is CC1(C)CNCCN1C(=O)c1ccc2ccccc2c1. The lowest BCUT2D eigenvalue weighted by atomic mass is 9.98. The maximum Gasteiger partial charge on any atom is 0.254 e. The molecule has 3 rings (SSSR count). The molecule has 3 heteroatoms. The third kappa shape index (κ3) is 2.29. The highest BCUT2D eigenvalue weighted by Crippen LogP contribution is 2.22. The highest BCUT2D eigenvalue weighted by atomic mass is 16.2. The number of hydrogen-bond acceptors (Lipinski definition) is 2. The molecule has 0 radical (unpaired) electrons. The van der Waals surface area contributed by atoms with Gasteiger partial charge in [0.2, 0.25) is 0 Å². The first-order valence-electron chi connectivity index (χ1n) is 7.09. The average Bonchev–Trinajstić information content (AvgIpc) is 2.45. The molecule has 2 aromatic rings. The van der Waals surface area contributed by atoms with Gasteiger partial charge in [0.1, 0.15) is 0 Å². The van der Waals surface area contributed by atoms with E-state index in [1.807, 2.05) is 35.2 Å². The molecule has 20 heavy (non-hydrogen) atoms. The van der Waals surface area contributed by atoms with Gasteiger partial charge in [0.05, 0.1) is 5.54 Å². The number of nitrogens with one attached hydrogen (secondary N) is 1. The third-order valence-corrected chi connectivity index (χ3v) is 4.04. The Morgan fingerprint density at radius 3 is 2.65 bits per heavy atom. The van der Waals surface area contributed by atoms with Crippen LogP contribution in [0.2, 0.25) is 0 Å². The van der Waals surface area contributed by atoms with Crippen LogP contribution in [0.5, 0.6) is 0 Å². The van der Waals surface area contributed by atoms with Crippen molar-refractivity contribution in [2.75, 3.05) is 19.6 Å². The van der Waals surface area contributed by atoms with Crippen LogP contribution < -0.4 is 5.32 Å². The molecule has 0 aromatic heterocycles. The number of fused-ring (bicyclic) bond motifs is 1. The predicted molar refractivity (Wildman–Crippen MR) is 81.9 cm³/mol. The Hall–Kier alpha value is -1.87. The van der Waals surface area contributed by atoms with Gasteiger partial charge in [-0.05, 0) is 36.8 Å². The molecule has 1 saturated heterocycles. The van der Waals surface area contributed by atoms with E-state index < -0.39 is 0 Å². The smallest absolute Gasteiger partial charge is 0.254 e. The second kappa shape index (κ2) is 4.91. The highest BCUT2D eigenvalue weighted by Gasteiger charge is 2.33. The summed E-state index contributed by atoms with van der Waals surface area (Å²) in [6, 6.07) is 14.1. The van der Waals surface area contributed by atoms with Crippen molar-refractivity contribution in [2.45, 2.75) is 19.4 Å². The van der Waals surface area contributed by atoms with Gasteiger partial charge in [0, 0.05) is 25.2 Å². The largest absolute Gasteiger partial charge is 0.331 e. The molecule has 0 spiro atoms. The number of nitrogens with zero attached hydrogens (tertiary/aromatic N) is 1. The number of carbonyl (C=O) groups excluding carboxylic acids is 1. The number of benzene rings is 2. The summed E-state index contributed by atoms with van der Waals surface area (Å²) in [5.74, 6) is 0.127. The molecular weight excluding hydrogens is 248 g/mol. The fourth-order valence-corrected chi connectivity index (χ4v) is 2.84. The third-order valence-electron chi connectivity index (χ3n) is 4.04. The summed E-state index contributed by atoms with van der Waals surface area (Å²) in [5.41, 5.74) is 0.639. The minimum Gasteiger partial charge on any atom is -0.331 e. The van der Waals surface area contributed by atoms with Crippen molar-refractivity contribution in [2.24, 2.45) is 0 Å². The van der Waals surface area contributed by atoms with Crippen LogP contribution in [-0.4, -0.2) is 36.0 Å². The maximum atomic E-state index is 12.8. The summed E-state index contributed by atoms with van der Waals surface area (Å²) >= 11 is 0. The van der Waals surface area contributed by atoms with Crippen LogP contribution in [0, 0.1) is 0 Å². The van der Waals surface area contributed by atoms with Gasteiger partial charge in [-0.3, -0.25) is 4.79 Å². The summed E-state index contributed by atoms with van der Waals surface area (Å²) in [6.07, 6.45) is 0. The van der Waals surface area contributed by atoms with Crippen molar-refractivity contribution >= 4 is 16.7 Å². The molecule has 1 amide bonds. The van der Waals surface area contributed by atoms with E-state index in [1.165, 1.54) is 5.39 Å². The average molecular weight is 268 g/mol. The Bertz CT molecular complexity index is 648. The highest BCUT2D eigenvalue weighted by molar-refractivity contribution is 5.99. The van der Waals surface area contributed by atoms with Crippen LogP contribution in [0.1, 0.15) is 24.2 Å². The zero-order chi connectivity index (χ0) is 14.2. The van der Waals surface area contributed by atoms with Crippen LogP contribution in [0.3, 0.4) is 0 Å². The van der Waals surface area contributed by atoms with E-state index in [0.29, 0.717) is 0 Å². The van der Waals surface area contributed by atoms with E-state index in [4.69, 9.17) is 0 Å². The van der Waals surface area contributed by atoms with Crippen LogP contribution in [-0.2, 0) is 0 Å².